The first-order chi connectivity index (χ1) is 6.97. The molecule has 15 heavy (non-hydrogen) atoms. The van der Waals surface area contributed by atoms with Gasteiger partial charge in [-0.15, -0.1) is 11.3 Å². The lowest BCUT2D eigenvalue weighted by Gasteiger charge is -2.17. The quantitative estimate of drug-likeness (QED) is 0.792. The van der Waals surface area contributed by atoms with Gasteiger partial charge < -0.3 is 5.32 Å². The van der Waals surface area contributed by atoms with Crippen LogP contribution in [0.25, 0.3) is 0 Å². The Morgan fingerprint density at radius 3 is 2.60 bits per heavy atom. The van der Waals surface area contributed by atoms with Gasteiger partial charge in [-0.25, -0.2) is 0 Å². The molecule has 1 nitrogen and oxygen atoms in total. The molecule has 0 radical (unpaired) electrons. The Kier molecular flexibility index (Phi) is 5.16. The third-order valence-electron chi connectivity index (χ3n) is 1.91. The summed E-state index contributed by atoms with van der Waals surface area (Å²) in [6.07, 6.45) is 0. The maximum absolute atomic E-state index is 3.48. The first-order valence-electron chi connectivity index (χ1n) is 5.37. The van der Waals surface area contributed by atoms with E-state index in [1.807, 2.05) is 23.1 Å². The Balaban J connectivity index is 2.07. The Labute approximate surface area is 102 Å². The normalized spacial score (nSPS) is 12.0. The van der Waals surface area contributed by atoms with Crippen molar-refractivity contribution in [2.75, 3.05) is 12.3 Å². The number of nitrogens with one attached hydrogen (secondary N) is 1. The highest BCUT2D eigenvalue weighted by molar-refractivity contribution is 8.00. The predicted molar refractivity (Wildman–Crippen MR) is 73.0 cm³/mol. The average Bonchev–Trinajstić information content (AvgIpc) is 2.49. The molecule has 1 rings (SSSR count). The lowest BCUT2D eigenvalue weighted by Crippen LogP contribution is -2.19. The van der Waals surface area contributed by atoms with Gasteiger partial charge in [0.25, 0.3) is 0 Å². The fourth-order valence-corrected chi connectivity index (χ4v) is 2.94. The molecular formula is C12H21NS2. The van der Waals surface area contributed by atoms with Crippen molar-refractivity contribution < 1.29 is 0 Å². The Morgan fingerprint density at radius 2 is 2.07 bits per heavy atom. The molecule has 0 unspecified atom stereocenters. The summed E-state index contributed by atoms with van der Waals surface area (Å²) in [5, 5.41) is 3.48. The van der Waals surface area contributed by atoms with Crippen LogP contribution < -0.4 is 5.32 Å². The van der Waals surface area contributed by atoms with E-state index >= 15 is 0 Å². The van der Waals surface area contributed by atoms with Gasteiger partial charge in [-0.1, -0.05) is 20.8 Å². The van der Waals surface area contributed by atoms with Crippen molar-refractivity contribution in [2.24, 2.45) is 0 Å². The minimum absolute atomic E-state index is 0.390. The molecule has 0 atom stereocenters. The molecule has 1 N–H and O–H groups in total. The molecule has 1 heterocycles. The Morgan fingerprint density at radius 1 is 1.33 bits per heavy atom. The predicted octanol–water partition coefficient (Wildman–Crippen LogP) is 3.68. The number of hydrogen-bond acceptors (Lipinski definition) is 3. The van der Waals surface area contributed by atoms with Crippen molar-refractivity contribution in [1.82, 2.24) is 5.32 Å². The summed E-state index contributed by atoms with van der Waals surface area (Å²) in [4.78, 5) is 2.84. The van der Waals surface area contributed by atoms with E-state index in [0.717, 1.165) is 13.1 Å². The van der Waals surface area contributed by atoms with E-state index in [1.54, 1.807) is 0 Å². The number of aryl methyl sites for hydroxylation is 1. The van der Waals surface area contributed by atoms with E-state index in [2.05, 4.69) is 45.1 Å². The largest absolute Gasteiger partial charge is 0.311 e. The van der Waals surface area contributed by atoms with Crippen molar-refractivity contribution in [2.45, 2.75) is 39.0 Å². The van der Waals surface area contributed by atoms with E-state index in [1.165, 1.54) is 15.5 Å². The summed E-state index contributed by atoms with van der Waals surface area (Å²) in [5.74, 6) is 1.19. The zero-order chi connectivity index (χ0) is 11.3. The van der Waals surface area contributed by atoms with E-state index in [-0.39, 0.29) is 0 Å². The minimum Gasteiger partial charge on any atom is -0.311 e. The third-order valence-corrected chi connectivity index (χ3v) is 4.18. The molecule has 0 aliphatic rings. The molecule has 1 aromatic heterocycles. The van der Waals surface area contributed by atoms with Gasteiger partial charge in [0.15, 0.2) is 0 Å². The molecule has 1 aromatic rings. The molecule has 0 aliphatic carbocycles. The van der Waals surface area contributed by atoms with Crippen LogP contribution in [0.2, 0.25) is 0 Å². The first kappa shape index (κ1) is 13.1. The number of rotatable bonds is 5. The maximum atomic E-state index is 3.48. The second-order valence-electron chi connectivity index (χ2n) is 4.65. The van der Waals surface area contributed by atoms with Gasteiger partial charge in [-0.05, 0) is 19.1 Å². The summed E-state index contributed by atoms with van der Waals surface area (Å²) < 4.78 is 0.390. The minimum atomic E-state index is 0.390. The fourth-order valence-electron chi connectivity index (χ4n) is 1.22. The van der Waals surface area contributed by atoms with Crippen molar-refractivity contribution in [3.8, 4) is 0 Å². The van der Waals surface area contributed by atoms with Gasteiger partial charge in [-0.2, -0.15) is 11.8 Å². The van der Waals surface area contributed by atoms with Crippen LogP contribution in [0.5, 0.6) is 0 Å². The summed E-state index contributed by atoms with van der Waals surface area (Å²) >= 11 is 3.90. The zero-order valence-corrected chi connectivity index (χ0v) is 11.7. The van der Waals surface area contributed by atoms with Crippen LogP contribution in [0.1, 0.15) is 30.5 Å². The summed E-state index contributed by atoms with van der Waals surface area (Å²) in [6.45, 7) is 11.1. The van der Waals surface area contributed by atoms with Crippen LogP contribution >= 0.6 is 23.1 Å². The van der Waals surface area contributed by atoms with Crippen LogP contribution in [-0.4, -0.2) is 17.0 Å². The van der Waals surface area contributed by atoms with Crippen LogP contribution in [-0.2, 0) is 6.54 Å². The SMILES string of the molecule is Cc1ccc(CNCCSC(C)(C)C)s1. The van der Waals surface area contributed by atoms with Crippen LogP contribution in [0.3, 0.4) is 0 Å². The number of thiophene rings is 1. The monoisotopic (exact) mass is 243 g/mol. The zero-order valence-electron chi connectivity index (χ0n) is 10.1. The standard InChI is InChI=1S/C12H21NS2/c1-10-5-6-11(15-10)9-13-7-8-14-12(2,3)4/h5-6,13H,7-9H2,1-4H3. The van der Waals surface area contributed by atoms with Gasteiger partial charge in [-0.3, -0.25) is 0 Å². The lowest BCUT2D eigenvalue weighted by molar-refractivity contribution is 0.733. The Bertz CT molecular complexity index is 286. The molecule has 0 saturated heterocycles. The molecule has 86 valence electrons. The first-order valence-corrected chi connectivity index (χ1v) is 7.17. The van der Waals surface area contributed by atoms with Crippen LogP contribution in [0, 0.1) is 6.92 Å². The molecule has 0 bridgehead atoms. The molecule has 0 aliphatic heterocycles. The van der Waals surface area contributed by atoms with Gasteiger partial charge in [0.2, 0.25) is 0 Å². The van der Waals surface area contributed by atoms with Gasteiger partial charge in [0.05, 0.1) is 0 Å². The highest BCUT2D eigenvalue weighted by Crippen LogP contribution is 2.22. The van der Waals surface area contributed by atoms with Gasteiger partial charge >= 0.3 is 0 Å². The number of hydrogen-bond donors (Lipinski definition) is 1. The third kappa shape index (κ3) is 6.23. The van der Waals surface area contributed by atoms with Crippen LogP contribution in [0.4, 0.5) is 0 Å². The van der Waals surface area contributed by atoms with E-state index in [0.29, 0.717) is 4.75 Å². The smallest absolute Gasteiger partial charge is 0.0300 e. The lowest BCUT2D eigenvalue weighted by atomic mass is 10.3. The molecule has 0 saturated carbocycles. The van der Waals surface area contributed by atoms with Crippen molar-refractivity contribution in [3.63, 3.8) is 0 Å². The van der Waals surface area contributed by atoms with E-state index in [4.69, 9.17) is 0 Å². The summed E-state index contributed by atoms with van der Waals surface area (Å²) in [6, 6.07) is 4.40. The van der Waals surface area contributed by atoms with E-state index in [9.17, 15) is 0 Å². The fraction of sp³-hybridized carbons (Fsp3) is 0.667. The molecule has 0 fully saturated rings. The second-order valence-corrected chi connectivity index (χ2v) is 7.94. The summed E-state index contributed by atoms with van der Waals surface area (Å²) in [7, 11) is 0. The van der Waals surface area contributed by atoms with Crippen LogP contribution in [0.15, 0.2) is 12.1 Å². The maximum Gasteiger partial charge on any atom is 0.0300 e. The molecule has 0 amide bonds. The highest BCUT2D eigenvalue weighted by Gasteiger charge is 2.09. The van der Waals surface area contributed by atoms with Crippen molar-refractivity contribution >= 4 is 23.1 Å². The Hall–Kier alpha value is 0.01000. The van der Waals surface area contributed by atoms with Gasteiger partial charge in [0.1, 0.15) is 0 Å². The number of thioether (sulfide) groups is 1. The highest BCUT2D eigenvalue weighted by atomic mass is 32.2. The topological polar surface area (TPSA) is 12.0 Å². The molecule has 0 spiro atoms. The molecule has 3 heteroatoms. The van der Waals surface area contributed by atoms with E-state index < -0.39 is 0 Å². The average molecular weight is 243 g/mol. The van der Waals surface area contributed by atoms with Crippen molar-refractivity contribution in [1.29, 1.82) is 0 Å². The second kappa shape index (κ2) is 5.92. The molecular weight excluding hydrogens is 222 g/mol. The molecule has 0 aromatic carbocycles. The van der Waals surface area contributed by atoms with Crippen molar-refractivity contribution in [3.05, 3.63) is 21.9 Å². The van der Waals surface area contributed by atoms with Gasteiger partial charge in [0, 0.05) is 33.3 Å². The summed E-state index contributed by atoms with van der Waals surface area (Å²) in [5.41, 5.74) is 0.